The maximum Gasteiger partial charge on any atom is 0.0181 e. The standard InChI is InChI=1S/C11H21N/c1-11(8-4-5-9-12-11)10-6-2-3-7-10/h10,12H,2-9H2,1H3. The van der Waals surface area contributed by atoms with E-state index < -0.39 is 0 Å². The average Bonchev–Trinajstić information content (AvgIpc) is 2.58. The molecule has 1 saturated heterocycles. The fourth-order valence-corrected chi connectivity index (χ4v) is 2.99. The number of hydrogen-bond acceptors (Lipinski definition) is 1. The van der Waals surface area contributed by atoms with Gasteiger partial charge in [0.1, 0.15) is 0 Å². The lowest BCUT2D eigenvalue weighted by Crippen LogP contribution is -2.50. The molecule has 0 spiro atoms. The third kappa shape index (κ3) is 1.52. The maximum atomic E-state index is 3.74. The Balaban J connectivity index is 1.97. The molecule has 1 heteroatoms. The van der Waals surface area contributed by atoms with Gasteiger partial charge in [0.2, 0.25) is 0 Å². The molecule has 1 saturated carbocycles. The molecule has 12 heavy (non-hydrogen) atoms. The highest BCUT2D eigenvalue weighted by atomic mass is 15.0. The van der Waals surface area contributed by atoms with E-state index in [4.69, 9.17) is 0 Å². The van der Waals surface area contributed by atoms with E-state index in [2.05, 4.69) is 12.2 Å². The highest BCUT2D eigenvalue weighted by Crippen LogP contribution is 2.37. The second-order valence-electron chi connectivity index (χ2n) is 4.78. The molecule has 70 valence electrons. The van der Waals surface area contributed by atoms with Crippen LogP contribution in [0.5, 0.6) is 0 Å². The van der Waals surface area contributed by atoms with Gasteiger partial charge in [-0.1, -0.05) is 19.3 Å². The van der Waals surface area contributed by atoms with Gasteiger partial charge in [-0.15, -0.1) is 0 Å². The lowest BCUT2D eigenvalue weighted by atomic mass is 9.78. The first-order valence-electron chi connectivity index (χ1n) is 5.56. The van der Waals surface area contributed by atoms with Gasteiger partial charge in [0.15, 0.2) is 0 Å². The first kappa shape index (κ1) is 8.55. The molecule has 1 aliphatic heterocycles. The van der Waals surface area contributed by atoms with E-state index in [1.165, 1.54) is 51.5 Å². The Morgan fingerprint density at radius 1 is 1.08 bits per heavy atom. The van der Waals surface area contributed by atoms with Crippen molar-refractivity contribution in [1.82, 2.24) is 5.32 Å². The van der Waals surface area contributed by atoms with Crippen LogP contribution in [0, 0.1) is 5.92 Å². The summed E-state index contributed by atoms with van der Waals surface area (Å²) in [5.41, 5.74) is 0.509. The largest absolute Gasteiger partial charge is 0.311 e. The van der Waals surface area contributed by atoms with Gasteiger partial charge in [0.05, 0.1) is 0 Å². The van der Waals surface area contributed by atoms with E-state index in [1.54, 1.807) is 0 Å². The minimum atomic E-state index is 0.509. The second-order valence-corrected chi connectivity index (χ2v) is 4.78. The molecule has 1 atom stereocenters. The zero-order valence-electron chi connectivity index (χ0n) is 8.23. The summed E-state index contributed by atoms with van der Waals surface area (Å²) in [7, 11) is 0. The zero-order chi connectivity index (χ0) is 8.44. The molecule has 1 heterocycles. The van der Waals surface area contributed by atoms with E-state index in [1.807, 2.05) is 0 Å². The van der Waals surface area contributed by atoms with Crippen molar-refractivity contribution in [2.45, 2.75) is 57.4 Å². The number of nitrogens with one attached hydrogen (secondary N) is 1. The van der Waals surface area contributed by atoms with Gasteiger partial charge in [-0.2, -0.15) is 0 Å². The summed E-state index contributed by atoms with van der Waals surface area (Å²) >= 11 is 0. The van der Waals surface area contributed by atoms with Crippen molar-refractivity contribution in [1.29, 1.82) is 0 Å². The zero-order valence-corrected chi connectivity index (χ0v) is 8.23. The molecule has 0 aromatic carbocycles. The molecule has 0 aromatic heterocycles. The van der Waals surface area contributed by atoms with Gasteiger partial charge in [0, 0.05) is 5.54 Å². The molecule has 2 aliphatic rings. The number of hydrogen-bond donors (Lipinski definition) is 1. The summed E-state index contributed by atoms with van der Waals surface area (Å²) in [6.07, 6.45) is 10.1. The molecule has 0 aromatic rings. The maximum absolute atomic E-state index is 3.74. The van der Waals surface area contributed by atoms with Gasteiger partial charge in [0.25, 0.3) is 0 Å². The monoisotopic (exact) mass is 167 g/mol. The third-order valence-electron chi connectivity index (χ3n) is 3.91. The fraction of sp³-hybridized carbons (Fsp3) is 1.00. The van der Waals surface area contributed by atoms with Crippen LogP contribution in [-0.2, 0) is 0 Å². The van der Waals surface area contributed by atoms with Gasteiger partial charge in [-0.05, 0) is 45.1 Å². The van der Waals surface area contributed by atoms with Gasteiger partial charge in [-0.3, -0.25) is 0 Å². The molecule has 1 aliphatic carbocycles. The molecular formula is C11H21N. The first-order valence-corrected chi connectivity index (χ1v) is 5.56. The van der Waals surface area contributed by atoms with Crippen molar-refractivity contribution in [3.05, 3.63) is 0 Å². The fourth-order valence-electron chi connectivity index (χ4n) is 2.99. The smallest absolute Gasteiger partial charge is 0.0181 e. The minimum Gasteiger partial charge on any atom is -0.311 e. The van der Waals surface area contributed by atoms with Crippen LogP contribution in [-0.4, -0.2) is 12.1 Å². The highest BCUT2D eigenvalue weighted by Gasteiger charge is 2.36. The Hall–Kier alpha value is -0.0400. The average molecular weight is 167 g/mol. The Bertz CT molecular complexity index is 141. The van der Waals surface area contributed by atoms with Crippen LogP contribution >= 0.6 is 0 Å². The predicted octanol–water partition coefficient (Wildman–Crippen LogP) is 2.71. The normalized spacial score (nSPS) is 38.8. The minimum absolute atomic E-state index is 0.509. The highest BCUT2D eigenvalue weighted by molar-refractivity contribution is 4.94. The van der Waals surface area contributed by atoms with Crippen molar-refractivity contribution >= 4 is 0 Å². The Kier molecular flexibility index (Phi) is 2.40. The lowest BCUT2D eigenvalue weighted by Gasteiger charge is -2.40. The summed E-state index contributed by atoms with van der Waals surface area (Å²) in [6, 6.07) is 0. The summed E-state index contributed by atoms with van der Waals surface area (Å²) in [5.74, 6) is 0.984. The van der Waals surface area contributed by atoms with E-state index >= 15 is 0 Å². The van der Waals surface area contributed by atoms with Crippen LogP contribution in [0.1, 0.15) is 51.9 Å². The van der Waals surface area contributed by atoms with Gasteiger partial charge >= 0.3 is 0 Å². The second kappa shape index (κ2) is 3.37. The summed E-state index contributed by atoms with van der Waals surface area (Å²) in [5, 5.41) is 3.74. The topological polar surface area (TPSA) is 12.0 Å². The summed E-state index contributed by atoms with van der Waals surface area (Å²) < 4.78 is 0. The number of rotatable bonds is 1. The molecular weight excluding hydrogens is 146 g/mol. The van der Waals surface area contributed by atoms with Crippen molar-refractivity contribution in [3.8, 4) is 0 Å². The van der Waals surface area contributed by atoms with Crippen LogP contribution in [0.15, 0.2) is 0 Å². The van der Waals surface area contributed by atoms with Crippen molar-refractivity contribution in [2.24, 2.45) is 5.92 Å². The lowest BCUT2D eigenvalue weighted by molar-refractivity contribution is 0.184. The summed E-state index contributed by atoms with van der Waals surface area (Å²) in [4.78, 5) is 0. The molecule has 0 radical (unpaired) electrons. The molecule has 2 fully saturated rings. The molecule has 0 bridgehead atoms. The molecule has 1 nitrogen and oxygen atoms in total. The quantitative estimate of drug-likeness (QED) is 0.633. The Labute approximate surface area is 75.9 Å². The van der Waals surface area contributed by atoms with Crippen molar-refractivity contribution < 1.29 is 0 Å². The Morgan fingerprint density at radius 3 is 2.42 bits per heavy atom. The van der Waals surface area contributed by atoms with E-state index in [0.717, 1.165) is 5.92 Å². The van der Waals surface area contributed by atoms with Crippen LogP contribution in [0.4, 0.5) is 0 Å². The summed E-state index contributed by atoms with van der Waals surface area (Å²) in [6.45, 7) is 3.70. The van der Waals surface area contributed by atoms with Crippen LogP contribution in [0.3, 0.4) is 0 Å². The van der Waals surface area contributed by atoms with Crippen LogP contribution in [0.25, 0.3) is 0 Å². The first-order chi connectivity index (χ1) is 5.81. The van der Waals surface area contributed by atoms with E-state index in [0.29, 0.717) is 5.54 Å². The predicted molar refractivity (Wildman–Crippen MR) is 52.2 cm³/mol. The van der Waals surface area contributed by atoms with Gasteiger partial charge < -0.3 is 5.32 Å². The van der Waals surface area contributed by atoms with E-state index in [-0.39, 0.29) is 0 Å². The van der Waals surface area contributed by atoms with Crippen LogP contribution < -0.4 is 5.32 Å². The molecule has 1 N–H and O–H groups in total. The number of piperidine rings is 1. The van der Waals surface area contributed by atoms with Crippen molar-refractivity contribution in [2.75, 3.05) is 6.54 Å². The molecule has 1 unspecified atom stereocenters. The SMILES string of the molecule is CC1(C2CCCC2)CCCCN1. The Morgan fingerprint density at radius 2 is 1.83 bits per heavy atom. The molecule has 2 rings (SSSR count). The third-order valence-corrected chi connectivity index (χ3v) is 3.91. The van der Waals surface area contributed by atoms with Crippen molar-refractivity contribution in [3.63, 3.8) is 0 Å². The van der Waals surface area contributed by atoms with Crippen LogP contribution in [0.2, 0.25) is 0 Å². The van der Waals surface area contributed by atoms with Gasteiger partial charge in [-0.25, -0.2) is 0 Å². The van der Waals surface area contributed by atoms with E-state index in [9.17, 15) is 0 Å². The molecule has 0 amide bonds.